The van der Waals surface area contributed by atoms with Gasteiger partial charge in [0.05, 0.1) is 0 Å². The van der Waals surface area contributed by atoms with Crippen LogP contribution in [0.3, 0.4) is 0 Å². The van der Waals surface area contributed by atoms with Gasteiger partial charge < -0.3 is 5.11 Å². The number of hydrogen-bond donors (Lipinski definition) is 1. The quantitative estimate of drug-likeness (QED) is 0.389. The molecule has 3 nitrogen and oxygen atoms in total. The van der Waals surface area contributed by atoms with Crippen molar-refractivity contribution in [3.05, 3.63) is 12.2 Å². The molecule has 0 radical (unpaired) electrons. The second-order valence-corrected chi connectivity index (χ2v) is 1.50. The SMILES string of the molecule is CC=CCC(=O)C(=O)O.[Ti]. The second kappa shape index (κ2) is 6.71. The predicted molar refractivity (Wildman–Crippen MR) is 32.1 cm³/mol. The van der Waals surface area contributed by atoms with E-state index in [1.165, 1.54) is 6.08 Å². The first kappa shape index (κ1) is 12.3. The number of carbonyl (C=O) groups excluding carboxylic acids is 1. The summed E-state index contributed by atoms with van der Waals surface area (Å²) >= 11 is 0. The summed E-state index contributed by atoms with van der Waals surface area (Å²) in [5.41, 5.74) is 0. The Morgan fingerprint density at radius 2 is 2.00 bits per heavy atom. The first-order valence-electron chi connectivity index (χ1n) is 2.55. The molecule has 0 aromatic heterocycles. The van der Waals surface area contributed by atoms with Crippen molar-refractivity contribution in [3.63, 3.8) is 0 Å². The number of rotatable bonds is 3. The zero-order valence-corrected chi connectivity index (χ0v) is 7.19. The summed E-state index contributed by atoms with van der Waals surface area (Å²) in [4.78, 5) is 20.1. The number of Topliss-reactive ketones (excluding diaryl/α,β-unsaturated/α-hetero) is 1. The molecule has 0 aliphatic heterocycles. The summed E-state index contributed by atoms with van der Waals surface area (Å²) in [5.74, 6) is -2.14. The molecule has 0 saturated carbocycles. The monoisotopic (exact) mass is 176 g/mol. The van der Waals surface area contributed by atoms with Crippen LogP contribution in [0.15, 0.2) is 12.2 Å². The summed E-state index contributed by atoms with van der Waals surface area (Å²) in [6.07, 6.45) is 3.14. The van der Waals surface area contributed by atoms with Crippen molar-refractivity contribution in [2.75, 3.05) is 0 Å². The van der Waals surface area contributed by atoms with Crippen molar-refractivity contribution in [2.24, 2.45) is 0 Å². The van der Waals surface area contributed by atoms with Crippen LogP contribution in [0.1, 0.15) is 13.3 Å². The smallest absolute Gasteiger partial charge is 0.372 e. The van der Waals surface area contributed by atoms with Crippen LogP contribution in [0.5, 0.6) is 0 Å². The van der Waals surface area contributed by atoms with E-state index in [1.807, 2.05) is 0 Å². The zero-order valence-electron chi connectivity index (χ0n) is 5.63. The Kier molecular flexibility index (Phi) is 8.25. The van der Waals surface area contributed by atoms with Crippen LogP contribution in [0.4, 0.5) is 0 Å². The number of carboxylic acids is 1. The standard InChI is InChI=1S/C6H8O3.Ti/c1-2-3-4-5(7)6(8)9;/h2-3H,4H2,1H3,(H,8,9);. The molecule has 0 rings (SSSR count). The van der Waals surface area contributed by atoms with Gasteiger partial charge in [0.1, 0.15) is 0 Å². The molecule has 0 unspecified atom stereocenters. The summed E-state index contributed by atoms with van der Waals surface area (Å²) < 4.78 is 0. The van der Waals surface area contributed by atoms with Gasteiger partial charge in [-0.15, -0.1) is 0 Å². The molecule has 10 heavy (non-hydrogen) atoms. The van der Waals surface area contributed by atoms with Gasteiger partial charge in [0.25, 0.3) is 0 Å². The normalized spacial score (nSPS) is 8.90. The molecule has 0 bridgehead atoms. The molecule has 0 saturated heterocycles. The molecule has 0 aromatic carbocycles. The third-order valence-electron chi connectivity index (χ3n) is 0.777. The molecule has 1 N–H and O–H groups in total. The molecular weight excluding hydrogens is 168 g/mol. The Hall–Kier alpha value is -0.406. The van der Waals surface area contributed by atoms with E-state index in [2.05, 4.69) is 0 Å². The molecule has 0 heterocycles. The zero-order chi connectivity index (χ0) is 7.28. The number of ketones is 1. The molecule has 0 amide bonds. The molecular formula is C6H8O3Ti. The molecule has 4 heteroatoms. The maximum atomic E-state index is 10.3. The van der Waals surface area contributed by atoms with Crippen molar-refractivity contribution in [1.82, 2.24) is 0 Å². The predicted octanol–water partition coefficient (Wildman–Crippen LogP) is 0.604. The van der Waals surface area contributed by atoms with Crippen LogP contribution in [0.2, 0.25) is 0 Å². The van der Waals surface area contributed by atoms with Gasteiger partial charge in [-0.3, -0.25) is 4.79 Å². The van der Waals surface area contributed by atoms with E-state index in [4.69, 9.17) is 5.11 Å². The number of carboxylic acid groups (broad SMARTS) is 1. The number of hydrogen-bond acceptors (Lipinski definition) is 2. The number of aliphatic carboxylic acids is 1. The summed E-state index contributed by atoms with van der Waals surface area (Å²) in [6, 6.07) is 0. The first-order valence-corrected chi connectivity index (χ1v) is 2.55. The average molecular weight is 176 g/mol. The maximum Gasteiger partial charge on any atom is 0.372 e. The van der Waals surface area contributed by atoms with Crippen molar-refractivity contribution >= 4 is 11.8 Å². The largest absolute Gasteiger partial charge is 0.475 e. The summed E-state index contributed by atoms with van der Waals surface area (Å²) in [7, 11) is 0. The van der Waals surface area contributed by atoms with Crippen LogP contribution < -0.4 is 0 Å². The van der Waals surface area contributed by atoms with Crippen LogP contribution >= 0.6 is 0 Å². The fourth-order valence-electron chi connectivity index (χ4n) is 0.312. The Bertz CT molecular complexity index is 151. The van der Waals surface area contributed by atoms with Crippen molar-refractivity contribution < 1.29 is 36.4 Å². The van der Waals surface area contributed by atoms with Crippen LogP contribution in [0.25, 0.3) is 0 Å². The van der Waals surface area contributed by atoms with Gasteiger partial charge in [-0.25, -0.2) is 4.79 Å². The first-order chi connectivity index (χ1) is 4.18. The Morgan fingerprint density at radius 3 is 2.30 bits per heavy atom. The molecule has 0 aliphatic rings. The van der Waals surface area contributed by atoms with Gasteiger partial charge in [-0.05, 0) is 6.92 Å². The molecule has 0 atom stereocenters. The van der Waals surface area contributed by atoms with Gasteiger partial charge in [0.2, 0.25) is 5.78 Å². The molecule has 54 valence electrons. The number of carbonyl (C=O) groups is 2. The third kappa shape index (κ3) is 5.73. The van der Waals surface area contributed by atoms with E-state index in [0.29, 0.717) is 0 Å². The van der Waals surface area contributed by atoms with E-state index in [1.54, 1.807) is 13.0 Å². The van der Waals surface area contributed by atoms with E-state index >= 15 is 0 Å². The summed E-state index contributed by atoms with van der Waals surface area (Å²) in [6.45, 7) is 1.73. The van der Waals surface area contributed by atoms with E-state index in [9.17, 15) is 9.59 Å². The molecule has 0 spiro atoms. The van der Waals surface area contributed by atoms with Crippen molar-refractivity contribution in [3.8, 4) is 0 Å². The van der Waals surface area contributed by atoms with Gasteiger partial charge in [0, 0.05) is 28.1 Å². The van der Waals surface area contributed by atoms with E-state index < -0.39 is 11.8 Å². The fourth-order valence-corrected chi connectivity index (χ4v) is 0.312. The molecule has 0 aromatic rings. The summed E-state index contributed by atoms with van der Waals surface area (Å²) in [5, 5.41) is 8.03. The minimum Gasteiger partial charge on any atom is -0.475 e. The number of allylic oxidation sites excluding steroid dienone is 2. The van der Waals surface area contributed by atoms with Crippen molar-refractivity contribution in [1.29, 1.82) is 0 Å². The van der Waals surface area contributed by atoms with Crippen LogP contribution in [-0.2, 0) is 31.3 Å². The van der Waals surface area contributed by atoms with E-state index in [-0.39, 0.29) is 28.1 Å². The average Bonchev–Trinajstić information content (AvgIpc) is 1.82. The van der Waals surface area contributed by atoms with E-state index in [0.717, 1.165) is 0 Å². The second-order valence-electron chi connectivity index (χ2n) is 1.50. The fraction of sp³-hybridized carbons (Fsp3) is 0.333. The van der Waals surface area contributed by atoms with Gasteiger partial charge in [0.15, 0.2) is 0 Å². The van der Waals surface area contributed by atoms with Gasteiger partial charge >= 0.3 is 5.97 Å². The van der Waals surface area contributed by atoms with Crippen LogP contribution in [-0.4, -0.2) is 16.9 Å². The minimum absolute atomic E-state index is 0. The molecule has 0 fully saturated rings. The Labute approximate surface area is 74.0 Å². The topological polar surface area (TPSA) is 54.4 Å². The third-order valence-corrected chi connectivity index (χ3v) is 0.777. The van der Waals surface area contributed by atoms with Crippen LogP contribution in [0, 0.1) is 0 Å². The van der Waals surface area contributed by atoms with Gasteiger partial charge in [-0.1, -0.05) is 12.2 Å². The Balaban J connectivity index is 0. The minimum atomic E-state index is -1.37. The molecule has 0 aliphatic carbocycles. The Morgan fingerprint density at radius 1 is 1.50 bits per heavy atom. The maximum absolute atomic E-state index is 10.3. The van der Waals surface area contributed by atoms with Crippen molar-refractivity contribution in [2.45, 2.75) is 13.3 Å². The van der Waals surface area contributed by atoms with Gasteiger partial charge in [-0.2, -0.15) is 0 Å².